The summed E-state index contributed by atoms with van der Waals surface area (Å²) >= 11 is 2.16. The number of non-ortho nitro benzene ring substituents is 1. The summed E-state index contributed by atoms with van der Waals surface area (Å²) in [5, 5.41) is 20.5. The van der Waals surface area contributed by atoms with E-state index in [0.717, 1.165) is 9.13 Å². The van der Waals surface area contributed by atoms with Gasteiger partial charge in [-0.3, -0.25) is 10.1 Å². The molecule has 7 heteroatoms. The van der Waals surface area contributed by atoms with Crippen molar-refractivity contribution >= 4 is 39.9 Å². The molecule has 0 amide bonds. The van der Waals surface area contributed by atoms with E-state index < -0.39 is 4.92 Å². The molecule has 6 nitrogen and oxygen atoms in total. The molecule has 0 atom stereocenters. The number of ether oxygens (including phenoxy) is 2. The zero-order valence-corrected chi connectivity index (χ0v) is 16.5. The third kappa shape index (κ3) is 4.73. The molecule has 134 valence electrons. The lowest BCUT2D eigenvalue weighted by Crippen LogP contribution is -2.00. The van der Waals surface area contributed by atoms with Crippen LogP contribution in [0.25, 0.3) is 11.6 Å². The van der Waals surface area contributed by atoms with Gasteiger partial charge in [-0.1, -0.05) is 12.1 Å². The summed E-state index contributed by atoms with van der Waals surface area (Å²) in [6.07, 6.45) is 1.68. The first kappa shape index (κ1) is 19.7. The number of allylic oxidation sites excluding steroid dienone is 1. The predicted molar refractivity (Wildman–Crippen MR) is 108 cm³/mol. The van der Waals surface area contributed by atoms with Crippen molar-refractivity contribution in [1.82, 2.24) is 0 Å². The monoisotopic (exact) mass is 464 g/mol. The molecule has 0 radical (unpaired) electrons. The van der Waals surface area contributed by atoms with E-state index in [1.807, 2.05) is 19.9 Å². The number of nitro benzene ring substituents is 1. The van der Waals surface area contributed by atoms with Gasteiger partial charge in [0.15, 0.2) is 11.5 Å². The van der Waals surface area contributed by atoms with Gasteiger partial charge in [0, 0.05) is 12.1 Å². The van der Waals surface area contributed by atoms with E-state index in [2.05, 4.69) is 28.7 Å². The van der Waals surface area contributed by atoms with Gasteiger partial charge in [0.25, 0.3) is 5.69 Å². The number of benzene rings is 2. The van der Waals surface area contributed by atoms with E-state index in [4.69, 9.17) is 9.47 Å². The fourth-order valence-corrected chi connectivity index (χ4v) is 3.13. The Kier molecular flexibility index (Phi) is 6.97. The van der Waals surface area contributed by atoms with Crippen molar-refractivity contribution in [2.24, 2.45) is 0 Å². The van der Waals surface area contributed by atoms with E-state index in [1.165, 1.54) is 12.1 Å². The first-order valence-electron chi connectivity index (χ1n) is 7.95. The molecule has 2 aromatic carbocycles. The number of nitro groups is 1. The fraction of sp³-hybridized carbons (Fsp3) is 0.211. The van der Waals surface area contributed by atoms with Gasteiger partial charge in [0.05, 0.1) is 33.3 Å². The molecule has 0 aliphatic rings. The van der Waals surface area contributed by atoms with Gasteiger partial charge in [0.2, 0.25) is 0 Å². The van der Waals surface area contributed by atoms with Crippen LogP contribution in [0.5, 0.6) is 11.5 Å². The topological polar surface area (TPSA) is 85.4 Å². The lowest BCUT2D eigenvalue weighted by molar-refractivity contribution is -0.384. The first-order chi connectivity index (χ1) is 12.5. The van der Waals surface area contributed by atoms with Crippen molar-refractivity contribution in [1.29, 1.82) is 5.26 Å². The van der Waals surface area contributed by atoms with Crippen LogP contribution in [0, 0.1) is 25.0 Å². The van der Waals surface area contributed by atoms with E-state index in [-0.39, 0.29) is 5.69 Å². The Balaban J connectivity index is 2.50. The molecule has 0 heterocycles. The Morgan fingerprint density at radius 3 is 2.62 bits per heavy atom. The van der Waals surface area contributed by atoms with E-state index in [1.54, 1.807) is 24.3 Å². The summed E-state index contributed by atoms with van der Waals surface area (Å²) in [6, 6.07) is 11.8. The minimum atomic E-state index is -0.481. The summed E-state index contributed by atoms with van der Waals surface area (Å²) in [7, 11) is 0. The van der Waals surface area contributed by atoms with E-state index in [0.29, 0.717) is 35.8 Å². The van der Waals surface area contributed by atoms with Crippen LogP contribution in [0.2, 0.25) is 0 Å². The molecule has 0 bridgehead atoms. The molecular weight excluding hydrogens is 447 g/mol. The van der Waals surface area contributed by atoms with Gasteiger partial charge in [-0.15, -0.1) is 0 Å². The van der Waals surface area contributed by atoms with Crippen molar-refractivity contribution in [2.75, 3.05) is 13.2 Å². The standard InChI is InChI=1S/C19H17IN2O4/c1-3-25-18-10-13(9-17(20)19(18)26-4-2)8-15(12-21)14-6-5-7-16(11-14)22(23)24/h5-11H,3-4H2,1-2H3/b15-8-. The Labute approximate surface area is 165 Å². The minimum Gasteiger partial charge on any atom is -0.490 e. The van der Waals surface area contributed by atoms with Crippen molar-refractivity contribution in [2.45, 2.75) is 13.8 Å². The maximum atomic E-state index is 11.0. The van der Waals surface area contributed by atoms with Gasteiger partial charge >= 0.3 is 0 Å². The molecule has 0 aliphatic heterocycles. The molecule has 2 rings (SSSR count). The number of rotatable bonds is 7. The molecule has 0 spiro atoms. The second-order valence-corrected chi connectivity index (χ2v) is 6.34. The van der Waals surface area contributed by atoms with E-state index >= 15 is 0 Å². The average molecular weight is 464 g/mol. The maximum Gasteiger partial charge on any atom is 0.270 e. The second kappa shape index (κ2) is 9.20. The van der Waals surface area contributed by atoms with Crippen LogP contribution < -0.4 is 9.47 Å². The molecule has 0 saturated heterocycles. The van der Waals surface area contributed by atoms with Crippen LogP contribution in [0.4, 0.5) is 5.69 Å². The quantitative estimate of drug-likeness (QED) is 0.188. The van der Waals surface area contributed by atoms with Gasteiger partial charge in [-0.2, -0.15) is 5.26 Å². The molecule has 0 saturated carbocycles. The lowest BCUT2D eigenvalue weighted by atomic mass is 10.0. The number of hydrogen-bond acceptors (Lipinski definition) is 5. The van der Waals surface area contributed by atoms with Gasteiger partial charge in [0.1, 0.15) is 0 Å². The first-order valence-corrected chi connectivity index (χ1v) is 9.03. The van der Waals surface area contributed by atoms with Crippen LogP contribution in [0.3, 0.4) is 0 Å². The third-order valence-electron chi connectivity index (χ3n) is 3.42. The molecule has 26 heavy (non-hydrogen) atoms. The highest BCUT2D eigenvalue weighted by molar-refractivity contribution is 14.1. The fourth-order valence-electron chi connectivity index (χ4n) is 2.35. The summed E-state index contributed by atoms with van der Waals surface area (Å²) < 4.78 is 12.2. The zero-order valence-electron chi connectivity index (χ0n) is 14.4. The van der Waals surface area contributed by atoms with Crippen molar-refractivity contribution in [3.05, 3.63) is 61.2 Å². The summed E-state index contributed by atoms with van der Waals surface area (Å²) in [4.78, 5) is 10.5. The third-order valence-corrected chi connectivity index (χ3v) is 4.22. The van der Waals surface area contributed by atoms with Crippen LogP contribution in [0.15, 0.2) is 36.4 Å². The Morgan fingerprint density at radius 1 is 1.27 bits per heavy atom. The van der Waals surface area contributed by atoms with Crippen molar-refractivity contribution in [3.8, 4) is 17.6 Å². The molecule has 0 aromatic heterocycles. The number of hydrogen-bond donors (Lipinski definition) is 0. The van der Waals surface area contributed by atoms with Crippen molar-refractivity contribution < 1.29 is 14.4 Å². The van der Waals surface area contributed by atoms with Crippen LogP contribution in [-0.4, -0.2) is 18.1 Å². The largest absolute Gasteiger partial charge is 0.490 e. The SMILES string of the molecule is CCOc1cc(/C=C(/C#N)c2cccc([N+](=O)[O-])c2)cc(I)c1OCC. The zero-order chi connectivity index (χ0) is 19.1. The smallest absolute Gasteiger partial charge is 0.270 e. The van der Waals surface area contributed by atoms with Crippen LogP contribution in [-0.2, 0) is 0 Å². The Morgan fingerprint density at radius 2 is 2.00 bits per heavy atom. The highest BCUT2D eigenvalue weighted by atomic mass is 127. The molecule has 0 fully saturated rings. The molecular formula is C19H17IN2O4. The molecule has 2 aromatic rings. The molecule has 0 aliphatic carbocycles. The highest BCUT2D eigenvalue weighted by Gasteiger charge is 2.13. The minimum absolute atomic E-state index is 0.0556. The Bertz CT molecular complexity index is 888. The average Bonchev–Trinajstić information content (AvgIpc) is 2.63. The summed E-state index contributed by atoms with van der Waals surface area (Å²) in [5.74, 6) is 1.27. The van der Waals surface area contributed by atoms with Crippen molar-refractivity contribution in [3.63, 3.8) is 0 Å². The van der Waals surface area contributed by atoms with Gasteiger partial charge in [-0.25, -0.2) is 0 Å². The van der Waals surface area contributed by atoms with Crippen LogP contribution in [0.1, 0.15) is 25.0 Å². The normalized spacial score (nSPS) is 10.9. The number of nitrogens with zero attached hydrogens (tertiary/aromatic N) is 2. The maximum absolute atomic E-state index is 11.0. The Hall–Kier alpha value is -2.60. The summed E-state index contributed by atoms with van der Waals surface area (Å²) in [6.45, 7) is 4.78. The van der Waals surface area contributed by atoms with Crippen LogP contribution >= 0.6 is 22.6 Å². The second-order valence-electron chi connectivity index (χ2n) is 5.17. The number of nitriles is 1. The van der Waals surface area contributed by atoms with Gasteiger partial charge < -0.3 is 9.47 Å². The number of halogens is 1. The molecule has 0 N–H and O–H groups in total. The predicted octanol–water partition coefficient (Wildman–Crippen LogP) is 5.06. The van der Waals surface area contributed by atoms with E-state index in [9.17, 15) is 15.4 Å². The molecule has 0 unspecified atom stereocenters. The highest BCUT2D eigenvalue weighted by Crippen LogP contribution is 2.35. The summed E-state index contributed by atoms with van der Waals surface area (Å²) in [5.41, 5.74) is 1.52. The van der Waals surface area contributed by atoms with Gasteiger partial charge in [-0.05, 0) is 65.8 Å². The lowest BCUT2D eigenvalue weighted by Gasteiger charge is -2.13.